The maximum Gasteiger partial charge on any atom is 0.416 e. The molecule has 0 atom stereocenters. The first-order chi connectivity index (χ1) is 14.7. The number of hydrogen-bond acceptors (Lipinski definition) is 4. The van der Waals surface area contributed by atoms with Gasteiger partial charge in [0.1, 0.15) is 5.82 Å². The molecule has 1 aliphatic heterocycles. The minimum atomic E-state index is -4.51. The highest BCUT2D eigenvalue weighted by Crippen LogP contribution is 2.38. The van der Waals surface area contributed by atoms with Gasteiger partial charge in [0, 0.05) is 6.54 Å². The van der Waals surface area contributed by atoms with Crippen LogP contribution in [0.4, 0.5) is 13.2 Å². The van der Waals surface area contributed by atoms with Crippen LogP contribution in [0, 0.1) is 0 Å². The molecule has 1 aliphatic rings. The molecule has 0 amide bonds. The Morgan fingerprint density at radius 1 is 1.26 bits per heavy atom. The van der Waals surface area contributed by atoms with Gasteiger partial charge in [0.25, 0.3) is 5.56 Å². The highest BCUT2D eigenvalue weighted by molar-refractivity contribution is 9.10. The Morgan fingerprint density at radius 3 is 2.71 bits per heavy atom. The zero-order valence-electron chi connectivity index (χ0n) is 16.7. The fourth-order valence-corrected chi connectivity index (χ4v) is 4.21. The fraction of sp³-hybridized carbons (Fsp3) is 0.273. The van der Waals surface area contributed by atoms with Crippen molar-refractivity contribution in [2.75, 3.05) is 13.7 Å². The molecule has 2 heterocycles. The zero-order valence-corrected chi connectivity index (χ0v) is 18.3. The van der Waals surface area contributed by atoms with Gasteiger partial charge < -0.3 is 9.47 Å². The second-order valence-electron chi connectivity index (χ2n) is 7.01. The molecule has 2 aromatic carbocycles. The lowest BCUT2D eigenvalue weighted by molar-refractivity contribution is -0.137. The average molecular weight is 495 g/mol. The monoisotopic (exact) mass is 494 g/mol. The van der Waals surface area contributed by atoms with Gasteiger partial charge in [0.15, 0.2) is 11.5 Å². The molecule has 0 spiro atoms. The van der Waals surface area contributed by atoms with Crippen molar-refractivity contribution in [1.82, 2.24) is 9.55 Å². The molecule has 31 heavy (non-hydrogen) atoms. The number of allylic oxidation sites excluding steroid dienone is 1. The molecular weight excluding hydrogens is 477 g/mol. The predicted molar refractivity (Wildman–Crippen MR) is 115 cm³/mol. The summed E-state index contributed by atoms with van der Waals surface area (Å²) in [5, 5.41) is 0.170. The van der Waals surface area contributed by atoms with E-state index in [2.05, 4.69) is 20.9 Å². The van der Waals surface area contributed by atoms with E-state index in [1.165, 1.54) is 17.7 Å². The van der Waals surface area contributed by atoms with Gasteiger partial charge in [0.05, 0.1) is 34.7 Å². The van der Waals surface area contributed by atoms with Gasteiger partial charge in [-0.25, -0.2) is 4.98 Å². The Labute approximate surface area is 184 Å². The molecule has 5 nitrogen and oxygen atoms in total. The van der Waals surface area contributed by atoms with Gasteiger partial charge in [-0.3, -0.25) is 9.36 Å². The highest BCUT2D eigenvalue weighted by atomic mass is 79.9. The quantitative estimate of drug-likeness (QED) is 0.478. The number of ether oxygens (including phenoxy) is 2. The van der Waals surface area contributed by atoms with Gasteiger partial charge in [0.2, 0.25) is 0 Å². The summed E-state index contributed by atoms with van der Waals surface area (Å²) < 4.78 is 52.5. The van der Waals surface area contributed by atoms with Crippen LogP contribution in [-0.4, -0.2) is 23.3 Å². The maximum atomic E-state index is 13.1. The normalized spacial score (nSPS) is 14.8. The lowest BCUT2D eigenvalue weighted by Gasteiger charge is -2.12. The topological polar surface area (TPSA) is 53.4 Å². The molecule has 0 bridgehead atoms. The van der Waals surface area contributed by atoms with Crippen LogP contribution >= 0.6 is 15.9 Å². The molecule has 3 aromatic rings. The summed E-state index contributed by atoms with van der Waals surface area (Å²) >= 11 is 3.48. The lowest BCUT2D eigenvalue weighted by Crippen LogP contribution is -2.21. The third-order valence-electron chi connectivity index (χ3n) is 5.06. The van der Waals surface area contributed by atoms with Crippen LogP contribution in [0.5, 0.6) is 11.5 Å². The van der Waals surface area contributed by atoms with Gasteiger partial charge >= 0.3 is 6.18 Å². The maximum absolute atomic E-state index is 13.1. The second kappa shape index (κ2) is 8.03. The lowest BCUT2D eigenvalue weighted by atomic mass is 10.1. The van der Waals surface area contributed by atoms with E-state index in [9.17, 15) is 18.0 Å². The van der Waals surface area contributed by atoms with Gasteiger partial charge in [-0.2, -0.15) is 13.2 Å². The summed E-state index contributed by atoms with van der Waals surface area (Å²) in [7, 11) is 1.54. The van der Waals surface area contributed by atoms with E-state index in [0.717, 1.165) is 23.3 Å². The third-order valence-corrected chi connectivity index (χ3v) is 5.64. The van der Waals surface area contributed by atoms with Crippen LogP contribution in [0.2, 0.25) is 0 Å². The molecule has 0 aliphatic carbocycles. The molecule has 0 N–H and O–H groups in total. The van der Waals surface area contributed by atoms with Gasteiger partial charge in [-0.05, 0) is 76.8 Å². The molecule has 0 unspecified atom stereocenters. The summed E-state index contributed by atoms with van der Waals surface area (Å²) in [5.74, 6) is 1.50. The fourth-order valence-electron chi connectivity index (χ4n) is 3.64. The molecule has 0 fully saturated rings. The summed E-state index contributed by atoms with van der Waals surface area (Å²) in [6, 6.07) is 6.67. The van der Waals surface area contributed by atoms with Crippen molar-refractivity contribution in [1.29, 1.82) is 0 Å². The highest BCUT2D eigenvalue weighted by Gasteiger charge is 2.31. The van der Waals surface area contributed by atoms with Crippen molar-refractivity contribution in [3.63, 3.8) is 0 Å². The molecule has 0 saturated carbocycles. The standard InChI is InChI=1S/C22H18BrF3N2O3/c1-3-31-19-16(23)9-12(10-18(19)30-2)8-13-6-7-28-20(13)27-17-11-14(22(24,25)26)4-5-15(17)21(28)29/h4-5,8-11H,3,6-7H2,1-2H3/b13-8+. The van der Waals surface area contributed by atoms with E-state index < -0.39 is 11.7 Å². The summed E-state index contributed by atoms with van der Waals surface area (Å²) in [6.45, 7) is 2.76. The molecule has 4 rings (SSSR count). The van der Waals surface area contributed by atoms with Crippen molar-refractivity contribution < 1.29 is 22.6 Å². The van der Waals surface area contributed by atoms with Crippen molar-refractivity contribution in [2.45, 2.75) is 26.1 Å². The summed E-state index contributed by atoms with van der Waals surface area (Å²) in [4.78, 5) is 17.2. The number of fused-ring (bicyclic) bond motifs is 2. The molecule has 9 heteroatoms. The van der Waals surface area contributed by atoms with E-state index in [4.69, 9.17) is 9.47 Å². The van der Waals surface area contributed by atoms with Crippen molar-refractivity contribution in [3.8, 4) is 11.5 Å². The number of methoxy groups -OCH3 is 1. The van der Waals surface area contributed by atoms with E-state index in [1.54, 1.807) is 6.07 Å². The van der Waals surface area contributed by atoms with Crippen LogP contribution in [0.25, 0.3) is 22.6 Å². The molecular formula is C22H18BrF3N2O3. The van der Waals surface area contributed by atoms with E-state index in [-0.39, 0.29) is 16.5 Å². The Morgan fingerprint density at radius 2 is 2.03 bits per heavy atom. The van der Waals surface area contributed by atoms with E-state index in [0.29, 0.717) is 41.4 Å². The Balaban J connectivity index is 1.83. The third kappa shape index (κ3) is 3.94. The number of alkyl halides is 3. The molecule has 162 valence electrons. The molecule has 0 saturated heterocycles. The van der Waals surface area contributed by atoms with E-state index in [1.807, 2.05) is 19.1 Å². The number of aromatic nitrogens is 2. The SMILES string of the molecule is CCOc1c(Br)cc(/C=C2\CCn3c2nc2cc(C(F)(F)F)ccc2c3=O)cc1OC. The Hall–Kier alpha value is -2.81. The number of rotatable bonds is 4. The first-order valence-electron chi connectivity index (χ1n) is 9.56. The zero-order chi connectivity index (χ0) is 22.3. The predicted octanol–water partition coefficient (Wildman–Crippen LogP) is 5.53. The van der Waals surface area contributed by atoms with E-state index >= 15 is 0 Å². The Kier molecular flexibility index (Phi) is 5.55. The summed E-state index contributed by atoms with van der Waals surface area (Å²) in [5.41, 5.74) is 0.399. The van der Waals surface area contributed by atoms with Crippen LogP contribution < -0.4 is 15.0 Å². The smallest absolute Gasteiger partial charge is 0.416 e. The van der Waals surface area contributed by atoms with Crippen LogP contribution in [0.15, 0.2) is 39.6 Å². The summed E-state index contributed by atoms with van der Waals surface area (Å²) in [6.07, 6.45) is -2.11. The molecule has 0 radical (unpaired) electrons. The van der Waals surface area contributed by atoms with Crippen molar-refractivity contribution >= 4 is 38.5 Å². The first-order valence-corrected chi connectivity index (χ1v) is 10.3. The average Bonchev–Trinajstić information content (AvgIpc) is 3.11. The largest absolute Gasteiger partial charge is 0.493 e. The number of benzene rings is 2. The second-order valence-corrected chi connectivity index (χ2v) is 7.86. The van der Waals surface area contributed by atoms with Crippen molar-refractivity contribution in [3.05, 3.63) is 62.1 Å². The minimum Gasteiger partial charge on any atom is -0.493 e. The molecule has 1 aromatic heterocycles. The minimum absolute atomic E-state index is 0.0318. The van der Waals surface area contributed by atoms with Crippen LogP contribution in [-0.2, 0) is 12.7 Å². The van der Waals surface area contributed by atoms with Crippen molar-refractivity contribution in [2.24, 2.45) is 0 Å². The van der Waals surface area contributed by atoms with Gasteiger partial charge in [-0.1, -0.05) is 0 Å². The Bertz CT molecular complexity index is 1270. The van der Waals surface area contributed by atoms with Crippen LogP contribution in [0.1, 0.15) is 30.3 Å². The first kappa shape index (κ1) is 21.4. The number of hydrogen-bond donors (Lipinski definition) is 0. The van der Waals surface area contributed by atoms with Gasteiger partial charge in [-0.15, -0.1) is 0 Å². The number of halogens is 4. The van der Waals surface area contributed by atoms with Crippen LogP contribution in [0.3, 0.4) is 0 Å². The number of nitrogens with zero attached hydrogens (tertiary/aromatic N) is 2.